The zero-order chi connectivity index (χ0) is 22.1. The van der Waals surface area contributed by atoms with Crippen LogP contribution in [0.25, 0.3) is 0 Å². The number of benzene rings is 1. The lowest BCUT2D eigenvalue weighted by atomic mass is 9.94. The van der Waals surface area contributed by atoms with Crippen molar-refractivity contribution in [3.8, 4) is 5.75 Å². The molecule has 0 aromatic heterocycles. The highest BCUT2D eigenvalue weighted by atomic mass is 31.1. The molecule has 8 nitrogen and oxygen atoms in total. The average molecular weight is 426 g/mol. The van der Waals surface area contributed by atoms with Gasteiger partial charge in [0.15, 0.2) is 0 Å². The maximum atomic E-state index is 11.9. The Morgan fingerprint density at radius 2 is 1.62 bits per heavy atom. The smallest absolute Gasteiger partial charge is 0.534 e. The van der Waals surface area contributed by atoms with Crippen LogP contribution in [0.3, 0.4) is 0 Å². The second-order valence-electron chi connectivity index (χ2n) is 7.46. The van der Waals surface area contributed by atoms with Crippen LogP contribution in [0, 0.1) is 0 Å². The molecule has 9 heteroatoms. The van der Waals surface area contributed by atoms with Crippen LogP contribution in [0.15, 0.2) is 23.1 Å². The van der Waals surface area contributed by atoms with Crippen LogP contribution in [0.1, 0.15) is 71.4 Å². The fourth-order valence-electron chi connectivity index (χ4n) is 2.41. The third kappa shape index (κ3) is 8.09. The summed E-state index contributed by atoms with van der Waals surface area (Å²) in [6, 6.07) is 5.05. The maximum absolute atomic E-state index is 11.9. The van der Waals surface area contributed by atoms with Gasteiger partial charge >= 0.3 is 19.6 Å². The Hall–Kier alpha value is -2.02. The monoisotopic (exact) mass is 426 g/mol. The minimum Gasteiger partial charge on any atom is -0.601 e. The fraction of sp³-hybridized carbons (Fsp3) is 0.600. The van der Waals surface area contributed by atoms with E-state index in [2.05, 4.69) is 10.3 Å². The quantitative estimate of drug-likeness (QED) is 0.258. The number of nitrogens with one attached hydrogen (secondary N) is 1. The summed E-state index contributed by atoms with van der Waals surface area (Å²) >= 11 is 0. The first kappa shape index (κ1) is 25.0. The minimum absolute atomic E-state index is 0.224. The van der Waals surface area contributed by atoms with Crippen molar-refractivity contribution in [1.29, 1.82) is 0 Å². The van der Waals surface area contributed by atoms with E-state index in [4.69, 9.17) is 14.2 Å². The van der Waals surface area contributed by atoms with Gasteiger partial charge in [-0.25, -0.2) is 0 Å². The molecule has 162 valence electrons. The van der Waals surface area contributed by atoms with Crippen molar-refractivity contribution >= 4 is 19.6 Å². The van der Waals surface area contributed by atoms with E-state index in [1.54, 1.807) is 13.8 Å². The molecule has 0 bridgehead atoms. The van der Waals surface area contributed by atoms with Crippen molar-refractivity contribution in [1.82, 2.24) is 5.43 Å². The Labute approximate surface area is 173 Å². The molecule has 0 radical (unpaired) electrons. The number of hydrogen-bond acceptors (Lipinski definition) is 7. The van der Waals surface area contributed by atoms with Crippen LogP contribution in [-0.2, 0) is 14.3 Å². The topological polar surface area (TPSA) is 109 Å². The molecule has 0 saturated heterocycles. The van der Waals surface area contributed by atoms with Gasteiger partial charge in [0.1, 0.15) is 11.8 Å². The number of nitrogens with zero attached hydrogens (tertiary/aromatic N) is 1. The van der Waals surface area contributed by atoms with E-state index in [0.29, 0.717) is 5.75 Å². The number of esters is 1. The van der Waals surface area contributed by atoms with E-state index in [0.717, 1.165) is 11.1 Å². The van der Waals surface area contributed by atoms with Crippen LogP contribution in [0.4, 0.5) is 4.79 Å². The van der Waals surface area contributed by atoms with Crippen LogP contribution in [-0.4, -0.2) is 30.6 Å². The van der Waals surface area contributed by atoms with Gasteiger partial charge in [-0.05, 0) is 48.6 Å². The van der Waals surface area contributed by atoms with Gasteiger partial charge in [0.25, 0.3) is 0 Å². The second kappa shape index (κ2) is 11.9. The van der Waals surface area contributed by atoms with Gasteiger partial charge in [0.05, 0.1) is 6.10 Å². The Balaban J connectivity index is 2.68. The number of ether oxygens (including phenoxy) is 3. The standard InChI is InChI=1S/C20H31N2O6P/c1-12(2)16-9-8-10-17(13(3)4)18(16)26-11-27-20(24)29(25)22-21-15(7)19(23)28-14(5)6/h8-10,12-15,21H,11H2,1-7H3/t15-/m0/s1. The third-order valence-electron chi connectivity index (χ3n) is 3.91. The lowest BCUT2D eigenvalue weighted by Gasteiger charge is -2.19. The molecule has 1 N–H and O–H groups in total. The van der Waals surface area contributed by atoms with Gasteiger partial charge < -0.3 is 19.1 Å². The molecular weight excluding hydrogens is 395 g/mol. The van der Waals surface area contributed by atoms with Gasteiger partial charge in [0, 0.05) is 0 Å². The number of hydrogen-bond donors (Lipinski definition) is 1. The summed E-state index contributed by atoms with van der Waals surface area (Å²) < 4.78 is 15.6. The molecule has 0 amide bonds. The highest BCUT2D eigenvalue weighted by Gasteiger charge is 2.22. The summed E-state index contributed by atoms with van der Waals surface area (Å²) in [6.45, 7) is 12.7. The minimum atomic E-state index is -2.73. The molecule has 1 aromatic rings. The van der Waals surface area contributed by atoms with Crippen molar-refractivity contribution < 1.29 is 28.7 Å². The molecule has 1 rings (SSSR count). The molecule has 1 unspecified atom stereocenters. The predicted octanol–water partition coefficient (Wildman–Crippen LogP) is 4.19. The van der Waals surface area contributed by atoms with Gasteiger partial charge in [-0.3, -0.25) is 4.79 Å². The number of carbonyl (C=O) groups is 2. The van der Waals surface area contributed by atoms with E-state index in [1.165, 1.54) is 6.92 Å². The highest BCUT2D eigenvalue weighted by molar-refractivity contribution is 7.58. The van der Waals surface area contributed by atoms with E-state index in [-0.39, 0.29) is 24.7 Å². The molecule has 0 spiro atoms. The van der Waals surface area contributed by atoms with Crippen molar-refractivity contribution in [2.45, 2.75) is 72.4 Å². The normalized spacial score (nSPS) is 13.0. The first-order valence-corrected chi connectivity index (χ1v) is 10.8. The van der Waals surface area contributed by atoms with Crippen molar-refractivity contribution in [3.63, 3.8) is 0 Å². The van der Waals surface area contributed by atoms with E-state index < -0.39 is 25.7 Å². The Bertz CT molecular complexity index is 707. The van der Waals surface area contributed by atoms with Crippen molar-refractivity contribution in [2.24, 2.45) is 4.85 Å². The molecule has 0 saturated carbocycles. The lowest BCUT2D eigenvalue weighted by molar-refractivity contribution is -0.155. The third-order valence-corrected chi connectivity index (χ3v) is 4.65. The number of para-hydroxylation sites is 1. The summed E-state index contributed by atoms with van der Waals surface area (Å²) in [5.41, 5.74) is 3.31. The molecule has 0 aliphatic heterocycles. The van der Waals surface area contributed by atoms with Gasteiger partial charge in [0.2, 0.25) is 6.79 Å². The molecular formula is C20H31N2O6P. The molecule has 0 aliphatic carbocycles. The maximum Gasteiger partial charge on any atom is 0.534 e. The van der Waals surface area contributed by atoms with Crippen LogP contribution >= 0.6 is 7.94 Å². The van der Waals surface area contributed by atoms with Crippen molar-refractivity contribution in [3.05, 3.63) is 29.3 Å². The highest BCUT2D eigenvalue weighted by Crippen LogP contribution is 2.34. The lowest BCUT2D eigenvalue weighted by Crippen LogP contribution is -2.33. The zero-order valence-electron chi connectivity index (χ0n) is 18.1. The molecule has 0 heterocycles. The van der Waals surface area contributed by atoms with E-state index in [9.17, 15) is 14.5 Å². The predicted molar refractivity (Wildman–Crippen MR) is 110 cm³/mol. The largest absolute Gasteiger partial charge is 0.601 e. The summed E-state index contributed by atoms with van der Waals surface area (Å²) in [5.74, 6) is 0.556. The number of carbonyl (C=O) groups excluding carboxylic acids is 2. The summed E-state index contributed by atoms with van der Waals surface area (Å²) in [5, 5.41) is 0. The van der Waals surface area contributed by atoms with Crippen molar-refractivity contribution in [2.75, 3.05) is 6.79 Å². The van der Waals surface area contributed by atoms with Crippen LogP contribution < -0.4 is 15.1 Å². The number of rotatable bonds is 10. The first-order chi connectivity index (χ1) is 13.5. The van der Waals surface area contributed by atoms with E-state index >= 15 is 0 Å². The molecule has 0 fully saturated rings. The summed E-state index contributed by atoms with van der Waals surface area (Å²) in [4.78, 5) is 39.0. The SMILES string of the molecule is CC(C)OC(=O)[C@H](C)N/N=[P+](\[O-])C(=O)OCOc1c(C(C)C)cccc1C(C)C. The fourth-order valence-corrected chi connectivity index (χ4v) is 2.93. The molecule has 2 atom stereocenters. The molecule has 0 aliphatic rings. The molecule has 1 aromatic carbocycles. The molecule has 29 heavy (non-hydrogen) atoms. The Morgan fingerprint density at radius 3 is 2.10 bits per heavy atom. The zero-order valence-corrected chi connectivity index (χ0v) is 19.0. The Kier molecular flexibility index (Phi) is 10.2. The van der Waals surface area contributed by atoms with Gasteiger partial charge in [-0.15, -0.1) is 0 Å². The average Bonchev–Trinajstić information content (AvgIpc) is 2.64. The van der Waals surface area contributed by atoms with Crippen LogP contribution in [0.2, 0.25) is 0 Å². The van der Waals surface area contributed by atoms with Gasteiger partial charge in [-0.1, -0.05) is 45.9 Å². The van der Waals surface area contributed by atoms with E-state index in [1.807, 2.05) is 45.9 Å². The second-order valence-corrected chi connectivity index (χ2v) is 8.57. The first-order valence-electron chi connectivity index (χ1n) is 9.60. The Morgan fingerprint density at radius 1 is 1.07 bits per heavy atom. The van der Waals surface area contributed by atoms with Gasteiger partial charge in [-0.2, -0.15) is 10.2 Å². The summed E-state index contributed by atoms with van der Waals surface area (Å²) in [6.07, 6.45) is -0.285. The summed E-state index contributed by atoms with van der Waals surface area (Å²) in [7, 11) is -2.73. The van der Waals surface area contributed by atoms with Crippen LogP contribution in [0.5, 0.6) is 5.75 Å².